The van der Waals surface area contributed by atoms with E-state index >= 15 is 0 Å². The minimum absolute atomic E-state index is 0.494. The lowest BCUT2D eigenvalue weighted by molar-refractivity contribution is 0.0341. The first-order valence-electron chi connectivity index (χ1n) is 7.58. The van der Waals surface area contributed by atoms with Gasteiger partial charge in [-0.05, 0) is 5.92 Å². The molecule has 0 aliphatic carbocycles. The molecule has 0 amide bonds. The zero-order chi connectivity index (χ0) is 14.5. The van der Waals surface area contributed by atoms with Gasteiger partial charge in [0.25, 0.3) is 0 Å². The summed E-state index contributed by atoms with van der Waals surface area (Å²) in [5.74, 6) is 0.494. The summed E-state index contributed by atoms with van der Waals surface area (Å²) in [4.78, 5) is 8.71. The van der Waals surface area contributed by atoms with Crippen LogP contribution in [0.1, 0.15) is 49.2 Å². The van der Waals surface area contributed by atoms with Crippen molar-refractivity contribution >= 4 is 11.3 Å². The molecule has 0 aromatic carbocycles. The standard InChI is InChI=1S/C15H27N3OS/c1-11(2)15-13(9-16-12(3)4)20-14(17-15)10-18-5-7-19-8-6-18/h11-12,16H,5-10H2,1-4H3. The Morgan fingerprint density at radius 3 is 2.55 bits per heavy atom. The summed E-state index contributed by atoms with van der Waals surface area (Å²) >= 11 is 1.87. The highest BCUT2D eigenvalue weighted by molar-refractivity contribution is 7.11. The van der Waals surface area contributed by atoms with Crippen molar-refractivity contribution in [1.29, 1.82) is 0 Å². The number of thiazole rings is 1. The van der Waals surface area contributed by atoms with Gasteiger partial charge in [0.05, 0.1) is 25.5 Å². The second-order valence-corrected chi connectivity index (χ2v) is 7.16. The predicted molar refractivity (Wildman–Crippen MR) is 84.3 cm³/mol. The lowest BCUT2D eigenvalue weighted by Crippen LogP contribution is -2.35. The summed E-state index contributed by atoms with van der Waals surface area (Å²) in [5.41, 5.74) is 1.27. The van der Waals surface area contributed by atoms with Crippen LogP contribution in [0.15, 0.2) is 0 Å². The van der Waals surface area contributed by atoms with Crippen molar-refractivity contribution in [3.63, 3.8) is 0 Å². The molecule has 0 spiro atoms. The van der Waals surface area contributed by atoms with Gasteiger partial charge in [-0.25, -0.2) is 4.98 Å². The van der Waals surface area contributed by atoms with Gasteiger partial charge in [-0.15, -0.1) is 11.3 Å². The number of nitrogens with zero attached hydrogens (tertiary/aromatic N) is 2. The molecule has 1 fully saturated rings. The van der Waals surface area contributed by atoms with Crippen molar-refractivity contribution in [2.45, 2.75) is 52.7 Å². The van der Waals surface area contributed by atoms with Crippen LogP contribution in [0.2, 0.25) is 0 Å². The van der Waals surface area contributed by atoms with Crippen molar-refractivity contribution in [3.8, 4) is 0 Å². The molecule has 114 valence electrons. The van der Waals surface area contributed by atoms with Crippen LogP contribution in [0.3, 0.4) is 0 Å². The van der Waals surface area contributed by atoms with Crippen LogP contribution in [0.5, 0.6) is 0 Å². The predicted octanol–water partition coefficient (Wildman–Crippen LogP) is 2.60. The van der Waals surface area contributed by atoms with Crippen molar-refractivity contribution in [2.24, 2.45) is 0 Å². The van der Waals surface area contributed by atoms with Crippen LogP contribution in [0, 0.1) is 0 Å². The Balaban J connectivity index is 2.03. The van der Waals surface area contributed by atoms with Gasteiger partial charge in [0.2, 0.25) is 0 Å². The van der Waals surface area contributed by atoms with Crippen LogP contribution in [-0.2, 0) is 17.8 Å². The van der Waals surface area contributed by atoms with E-state index in [9.17, 15) is 0 Å². The minimum Gasteiger partial charge on any atom is -0.379 e. The fraction of sp³-hybridized carbons (Fsp3) is 0.800. The fourth-order valence-electron chi connectivity index (χ4n) is 2.31. The van der Waals surface area contributed by atoms with E-state index < -0.39 is 0 Å². The molecule has 1 aromatic heterocycles. The highest BCUT2D eigenvalue weighted by Gasteiger charge is 2.17. The Kier molecular flexibility index (Phi) is 5.96. The molecule has 0 atom stereocenters. The molecular weight excluding hydrogens is 270 g/mol. The van der Waals surface area contributed by atoms with E-state index in [-0.39, 0.29) is 0 Å². The summed E-state index contributed by atoms with van der Waals surface area (Å²) < 4.78 is 5.40. The summed E-state index contributed by atoms with van der Waals surface area (Å²) in [6.07, 6.45) is 0. The van der Waals surface area contributed by atoms with Gasteiger partial charge in [0, 0.05) is 30.6 Å². The third kappa shape index (κ3) is 4.52. The number of hydrogen-bond acceptors (Lipinski definition) is 5. The zero-order valence-electron chi connectivity index (χ0n) is 13.1. The van der Waals surface area contributed by atoms with Crippen molar-refractivity contribution in [2.75, 3.05) is 26.3 Å². The molecule has 2 heterocycles. The average Bonchev–Trinajstić information content (AvgIpc) is 2.81. The second-order valence-electron chi connectivity index (χ2n) is 5.99. The number of hydrogen-bond donors (Lipinski definition) is 1. The second kappa shape index (κ2) is 7.50. The van der Waals surface area contributed by atoms with Gasteiger partial charge in [-0.2, -0.15) is 0 Å². The largest absolute Gasteiger partial charge is 0.379 e. The molecule has 0 radical (unpaired) electrons. The van der Waals surface area contributed by atoms with Crippen LogP contribution in [-0.4, -0.2) is 42.2 Å². The third-order valence-corrected chi connectivity index (χ3v) is 4.51. The number of aromatic nitrogens is 1. The van der Waals surface area contributed by atoms with Gasteiger partial charge >= 0.3 is 0 Å². The van der Waals surface area contributed by atoms with E-state index in [0.29, 0.717) is 12.0 Å². The number of nitrogens with one attached hydrogen (secondary N) is 1. The number of rotatable bonds is 6. The van der Waals surface area contributed by atoms with Crippen molar-refractivity contribution in [3.05, 3.63) is 15.6 Å². The highest BCUT2D eigenvalue weighted by atomic mass is 32.1. The van der Waals surface area contributed by atoms with Gasteiger partial charge in [0.1, 0.15) is 5.01 Å². The molecule has 0 bridgehead atoms. The maximum absolute atomic E-state index is 5.40. The monoisotopic (exact) mass is 297 g/mol. The summed E-state index contributed by atoms with van der Waals surface area (Å²) in [6.45, 7) is 14.5. The minimum atomic E-state index is 0.494. The molecular formula is C15H27N3OS. The molecule has 1 aliphatic rings. The first-order valence-corrected chi connectivity index (χ1v) is 8.40. The molecule has 5 heteroatoms. The molecule has 4 nitrogen and oxygen atoms in total. The Morgan fingerprint density at radius 1 is 1.25 bits per heavy atom. The average molecular weight is 297 g/mol. The van der Waals surface area contributed by atoms with Crippen LogP contribution in [0.4, 0.5) is 0 Å². The SMILES string of the molecule is CC(C)NCc1sc(CN2CCOCC2)nc1C(C)C. The highest BCUT2D eigenvalue weighted by Crippen LogP contribution is 2.26. The van der Waals surface area contributed by atoms with Crippen LogP contribution < -0.4 is 5.32 Å². The van der Waals surface area contributed by atoms with Crippen molar-refractivity contribution < 1.29 is 4.74 Å². The Bertz CT molecular complexity index is 411. The van der Waals surface area contributed by atoms with Crippen molar-refractivity contribution in [1.82, 2.24) is 15.2 Å². The van der Waals surface area contributed by atoms with Crippen LogP contribution >= 0.6 is 11.3 Å². The Morgan fingerprint density at radius 2 is 1.95 bits per heavy atom. The van der Waals surface area contributed by atoms with E-state index in [1.165, 1.54) is 15.6 Å². The molecule has 1 aliphatic heterocycles. The molecule has 2 rings (SSSR count). The maximum atomic E-state index is 5.40. The van der Waals surface area contributed by atoms with E-state index in [1.807, 2.05) is 11.3 Å². The maximum Gasteiger partial charge on any atom is 0.107 e. The molecule has 1 N–H and O–H groups in total. The van der Waals surface area contributed by atoms with Gasteiger partial charge in [-0.1, -0.05) is 27.7 Å². The molecule has 1 saturated heterocycles. The Labute approximate surface area is 126 Å². The third-order valence-electron chi connectivity index (χ3n) is 3.45. The summed E-state index contributed by atoms with van der Waals surface area (Å²) in [7, 11) is 0. The van der Waals surface area contributed by atoms with Gasteiger partial charge in [0.15, 0.2) is 0 Å². The lowest BCUT2D eigenvalue weighted by atomic mass is 10.1. The first kappa shape index (κ1) is 15.9. The van der Waals surface area contributed by atoms with E-state index in [2.05, 4.69) is 37.9 Å². The first-order chi connectivity index (χ1) is 9.56. The number of ether oxygens (including phenoxy) is 1. The Hall–Kier alpha value is -0.490. The summed E-state index contributed by atoms with van der Waals surface area (Å²) in [5, 5.41) is 4.76. The van der Waals surface area contributed by atoms with Gasteiger partial charge in [-0.3, -0.25) is 4.90 Å². The van der Waals surface area contributed by atoms with E-state index in [4.69, 9.17) is 9.72 Å². The fourth-order valence-corrected chi connectivity index (χ4v) is 3.52. The molecule has 20 heavy (non-hydrogen) atoms. The van der Waals surface area contributed by atoms with E-state index in [1.54, 1.807) is 0 Å². The summed E-state index contributed by atoms with van der Waals surface area (Å²) in [6, 6.07) is 0.514. The molecule has 0 saturated carbocycles. The van der Waals surface area contributed by atoms with Gasteiger partial charge < -0.3 is 10.1 Å². The zero-order valence-corrected chi connectivity index (χ0v) is 13.9. The quantitative estimate of drug-likeness (QED) is 0.876. The van der Waals surface area contributed by atoms with E-state index in [0.717, 1.165) is 39.4 Å². The molecule has 0 unspecified atom stereocenters. The van der Waals surface area contributed by atoms with Crippen LogP contribution in [0.25, 0.3) is 0 Å². The molecule has 1 aromatic rings. The topological polar surface area (TPSA) is 37.4 Å². The smallest absolute Gasteiger partial charge is 0.107 e. The number of morpholine rings is 1. The lowest BCUT2D eigenvalue weighted by Gasteiger charge is -2.25. The normalized spacial score (nSPS) is 17.3.